The van der Waals surface area contributed by atoms with Gasteiger partial charge in [-0.25, -0.2) is 0 Å². The number of carbonyl (C=O) groups excluding carboxylic acids is 2. The van der Waals surface area contributed by atoms with E-state index >= 15 is 0 Å². The number of furan rings is 1. The average molecular weight is 440 g/mol. The molecule has 0 saturated carbocycles. The molecule has 32 heavy (non-hydrogen) atoms. The largest absolute Gasteiger partial charge is 0.497 e. The van der Waals surface area contributed by atoms with Crippen LogP contribution in [0.1, 0.15) is 54.3 Å². The predicted molar refractivity (Wildman–Crippen MR) is 122 cm³/mol. The smallest absolute Gasteiger partial charge is 0.289 e. The lowest BCUT2D eigenvalue weighted by Crippen LogP contribution is -2.45. The number of carbonyl (C=O) groups is 2. The van der Waals surface area contributed by atoms with Gasteiger partial charge in [0.05, 0.1) is 19.4 Å². The fourth-order valence-corrected chi connectivity index (χ4v) is 4.76. The summed E-state index contributed by atoms with van der Waals surface area (Å²) in [6, 6.07) is 11.7. The van der Waals surface area contributed by atoms with Crippen molar-refractivity contribution in [2.75, 3.05) is 39.8 Å². The topological polar surface area (TPSA) is 75.0 Å². The molecule has 4 rings (SSSR count). The molecule has 3 heterocycles. The van der Waals surface area contributed by atoms with Gasteiger partial charge in [0.25, 0.3) is 5.91 Å². The van der Waals surface area contributed by atoms with Gasteiger partial charge in [-0.05, 0) is 68.6 Å². The van der Waals surface area contributed by atoms with Gasteiger partial charge in [0, 0.05) is 25.6 Å². The van der Waals surface area contributed by atoms with Crippen molar-refractivity contribution in [3.63, 3.8) is 0 Å². The van der Waals surface area contributed by atoms with Crippen LogP contribution in [0.4, 0.5) is 0 Å². The molecule has 172 valence electrons. The Balaban J connectivity index is 1.33. The number of benzene rings is 1. The number of nitrogens with zero attached hydrogens (tertiary/aromatic N) is 2. The fourth-order valence-electron chi connectivity index (χ4n) is 4.76. The van der Waals surface area contributed by atoms with Crippen LogP contribution in [0, 0.1) is 5.92 Å². The second-order valence-electron chi connectivity index (χ2n) is 8.67. The van der Waals surface area contributed by atoms with Crippen molar-refractivity contribution in [2.24, 2.45) is 5.92 Å². The van der Waals surface area contributed by atoms with Crippen LogP contribution in [0.25, 0.3) is 0 Å². The van der Waals surface area contributed by atoms with E-state index in [0.717, 1.165) is 18.8 Å². The molecular weight excluding hydrogens is 406 g/mol. The zero-order chi connectivity index (χ0) is 22.3. The Morgan fingerprint density at radius 1 is 1.06 bits per heavy atom. The summed E-state index contributed by atoms with van der Waals surface area (Å²) in [4.78, 5) is 29.7. The van der Waals surface area contributed by atoms with Gasteiger partial charge in [-0.15, -0.1) is 0 Å². The number of piperidine rings is 2. The summed E-state index contributed by atoms with van der Waals surface area (Å²) >= 11 is 0. The molecule has 7 heteroatoms. The molecule has 2 aliphatic rings. The zero-order valence-corrected chi connectivity index (χ0v) is 18.8. The Morgan fingerprint density at radius 3 is 2.41 bits per heavy atom. The van der Waals surface area contributed by atoms with E-state index in [0.29, 0.717) is 38.2 Å². The van der Waals surface area contributed by atoms with Gasteiger partial charge in [-0.1, -0.05) is 18.6 Å². The maximum absolute atomic E-state index is 13.0. The number of amides is 2. The summed E-state index contributed by atoms with van der Waals surface area (Å²) in [5.74, 6) is 1.13. The van der Waals surface area contributed by atoms with E-state index in [9.17, 15) is 9.59 Å². The molecule has 0 aliphatic carbocycles. The van der Waals surface area contributed by atoms with Crippen molar-refractivity contribution in [2.45, 2.75) is 38.1 Å². The van der Waals surface area contributed by atoms with Crippen molar-refractivity contribution in [3.8, 4) is 5.75 Å². The highest BCUT2D eigenvalue weighted by Gasteiger charge is 2.30. The van der Waals surface area contributed by atoms with Crippen molar-refractivity contribution < 1.29 is 18.7 Å². The maximum atomic E-state index is 13.0. The molecule has 7 nitrogen and oxygen atoms in total. The number of nitrogens with one attached hydrogen (secondary N) is 1. The summed E-state index contributed by atoms with van der Waals surface area (Å²) < 4.78 is 10.5. The van der Waals surface area contributed by atoms with Gasteiger partial charge in [-0.2, -0.15) is 0 Å². The summed E-state index contributed by atoms with van der Waals surface area (Å²) in [5, 5.41) is 3.21. The summed E-state index contributed by atoms with van der Waals surface area (Å²) in [6.45, 7) is 3.85. The number of ether oxygens (including phenoxy) is 1. The van der Waals surface area contributed by atoms with Crippen LogP contribution in [0.15, 0.2) is 47.1 Å². The monoisotopic (exact) mass is 439 g/mol. The first-order valence-corrected chi connectivity index (χ1v) is 11.6. The van der Waals surface area contributed by atoms with Crippen LogP contribution in [0.5, 0.6) is 5.75 Å². The van der Waals surface area contributed by atoms with Crippen molar-refractivity contribution in [1.82, 2.24) is 15.1 Å². The predicted octanol–water partition coefficient (Wildman–Crippen LogP) is 3.48. The number of hydrogen-bond acceptors (Lipinski definition) is 5. The highest BCUT2D eigenvalue weighted by Crippen LogP contribution is 2.26. The van der Waals surface area contributed by atoms with Crippen molar-refractivity contribution >= 4 is 11.8 Å². The third kappa shape index (κ3) is 5.33. The second kappa shape index (κ2) is 10.7. The molecule has 1 aromatic heterocycles. The normalized spacial score (nSPS) is 18.8. The minimum Gasteiger partial charge on any atom is -0.497 e. The first kappa shape index (κ1) is 22.4. The lowest BCUT2D eigenvalue weighted by molar-refractivity contribution is -0.126. The van der Waals surface area contributed by atoms with Gasteiger partial charge in [0.2, 0.25) is 5.91 Å². The van der Waals surface area contributed by atoms with Crippen LogP contribution in [-0.2, 0) is 4.79 Å². The Hall–Kier alpha value is -2.80. The van der Waals surface area contributed by atoms with E-state index in [1.807, 2.05) is 12.1 Å². The number of likely N-dealkylation sites (tertiary alicyclic amines) is 2. The molecule has 2 fully saturated rings. The minimum absolute atomic E-state index is 0.0616. The maximum Gasteiger partial charge on any atom is 0.289 e. The van der Waals surface area contributed by atoms with Gasteiger partial charge < -0.3 is 19.4 Å². The van der Waals surface area contributed by atoms with Crippen molar-refractivity contribution in [3.05, 3.63) is 54.0 Å². The SMILES string of the molecule is COc1ccc(C(CNC(=O)C2CCN(C(=O)c3ccco3)CC2)N2CCCCC2)cc1. The molecular formula is C25H33N3O4. The standard InChI is InChI=1S/C25H33N3O4/c1-31-21-9-7-19(8-10-21)22(27-13-3-2-4-14-27)18-26-24(29)20-11-15-28(16-12-20)25(30)23-6-5-17-32-23/h5-10,17,20,22H,2-4,11-16,18H2,1H3,(H,26,29). The van der Waals surface area contributed by atoms with E-state index < -0.39 is 0 Å². The van der Waals surface area contributed by atoms with Crippen LogP contribution in [0.2, 0.25) is 0 Å². The third-order valence-electron chi connectivity index (χ3n) is 6.69. The van der Waals surface area contributed by atoms with E-state index in [1.54, 1.807) is 24.1 Å². The Bertz CT molecular complexity index is 867. The van der Waals surface area contributed by atoms with E-state index in [1.165, 1.54) is 31.1 Å². The van der Waals surface area contributed by atoms with Gasteiger partial charge in [-0.3, -0.25) is 14.5 Å². The third-order valence-corrected chi connectivity index (χ3v) is 6.69. The van der Waals surface area contributed by atoms with E-state index in [2.05, 4.69) is 22.3 Å². The summed E-state index contributed by atoms with van der Waals surface area (Å²) in [5.41, 5.74) is 1.20. The first-order chi connectivity index (χ1) is 15.7. The molecule has 2 aliphatic heterocycles. The van der Waals surface area contributed by atoms with Crippen LogP contribution >= 0.6 is 0 Å². The summed E-state index contributed by atoms with van der Waals surface area (Å²) in [6.07, 6.45) is 6.53. The molecule has 1 N–H and O–H groups in total. The molecule has 0 spiro atoms. The second-order valence-corrected chi connectivity index (χ2v) is 8.67. The quantitative estimate of drug-likeness (QED) is 0.715. The molecule has 2 amide bonds. The highest BCUT2D eigenvalue weighted by atomic mass is 16.5. The molecule has 2 saturated heterocycles. The molecule has 0 bridgehead atoms. The number of rotatable bonds is 7. The van der Waals surface area contributed by atoms with E-state index in [-0.39, 0.29) is 23.8 Å². The number of hydrogen-bond donors (Lipinski definition) is 1. The van der Waals surface area contributed by atoms with Gasteiger partial charge >= 0.3 is 0 Å². The lowest BCUT2D eigenvalue weighted by Gasteiger charge is -2.36. The molecule has 0 radical (unpaired) electrons. The first-order valence-electron chi connectivity index (χ1n) is 11.6. The minimum atomic E-state index is -0.0986. The Kier molecular flexibility index (Phi) is 7.47. The zero-order valence-electron chi connectivity index (χ0n) is 18.8. The fraction of sp³-hybridized carbons (Fsp3) is 0.520. The van der Waals surface area contributed by atoms with Gasteiger partial charge in [0.1, 0.15) is 5.75 Å². The number of methoxy groups -OCH3 is 1. The van der Waals surface area contributed by atoms with Gasteiger partial charge in [0.15, 0.2) is 5.76 Å². The highest BCUT2D eigenvalue weighted by molar-refractivity contribution is 5.91. The molecule has 1 atom stereocenters. The molecule has 2 aromatic rings. The average Bonchev–Trinajstić information content (AvgIpc) is 3.40. The van der Waals surface area contributed by atoms with E-state index in [4.69, 9.17) is 9.15 Å². The molecule has 1 aromatic carbocycles. The van der Waals surface area contributed by atoms with Crippen LogP contribution in [-0.4, -0.2) is 61.4 Å². The lowest BCUT2D eigenvalue weighted by atomic mass is 9.95. The summed E-state index contributed by atoms with van der Waals surface area (Å²) in [7, 11) is 1.67. The van der Waals surface area contributed by atoms with Crippen molar-refractivity contribution in [1.29, 1.82) is 0 Å². The van der Waals surface area contributed by atoms with Crippen LogP contribution in [0.3, 0.4) is 0 Å². The molecule has 1 unspecified atom stereocenters. The Labute approximate surface area is 189 Å². The van der Waals surface area contributed by atoms with Crippen LogP contribution < -0.4 is 10.1 Å². The Morgan fingerprint density at radius 2 is 1.78 bits per heavy atom.